The summed E-state index contributed by atoms with van der Waals surface area (Å²) in [5.41, 5.74) is 1.06. The van der Waals surface area contributed by atoms with Crippen LogP contribution < -0.4 is 10.6 Å². The molecular weight excluding hydrogens is 194 g/mol. The number of nitrogens with zero attached hydrogens (tertiary/aromatic N) is 1. The van der Waals surface area contributed by atoms with Crippen molar-refractivity contribution in [1.29, 1.82) is 0 Å². The van der Waals surface area contributed by atoms with Crippen molar-refractivity contribution in [2.45, 2.75) is 13.5 Å². The van der Waals surface area contributed by atoms with E-state index in [0.29, 0.717) is 12.4 Å². The predicted molar refractivity (Wildman–Crippen MR) is 59.8 cm³/mol. The van der Waals surface area contributed by atoms with E-state index in [1.807, 2.05) is 13.1 Å². The average molecular weight is 211 g/mol. The molecule has 0 aliphatic rings. The van der Waals surface area contributed by atoms with Gasteiger partial charge >= 0.3 is 6.09 Å². The van der Waals surface area contributed by atoms with E-state index in [1.54, 1.807) is 19.2 Å². The van der Waals surface area contributed by atoms with E-state index < -0.39 is 6.09 Å². The SMILES string of the molecule is CCOC(=O)Nc1ccc(CNC)cn1.[HH]. The lowest BCUT2D eigenvalue weighted by atomic mass is 10.3. The molecule has 0 spiro atoms. The smallest absolute Gasteiger partial charge is 0.412 e. The van der Waals surface area contributed by atoms with Gasteiger partial charge in [-0.05, 0) is 25.6 Å². The summed E-state index contributed by atoms with van der Waals surface area (Å²) in [6.45, 7) is 2.86. The first-order valence-corrected chi connectivity index (χ1v) is 4.79. The maximum atomic E-state index is 11.0. The lowest BCUT2D eigenvalue weighted by Gasteiger charge is -2.05. The van der Waals surface area contributed by atoms with Crippen LogP contribution >= 0.6 is 0 Å². The summed E-state index contributed by atoms with van der Waals surface area (Å²) in [5.74, 6) is 0.494. The van der Waals surface area contributed by atoms with Gasteiger partial charge in [-0.3, -0.25) is 5.32 Å². The quantitative estimate of drug-likeness (QED) is 0.794. The normalized spacial score (nSPS) is 9.73. The van der Waals surface area contributed by atoms with Crippen LogP contribution in [0.4, 0.5) is 10.6 Å². The van der Waals surface area contributed by atoms with Gasteiger partial charge in [0.1, 0.15) is 5.82 Å². The highest BCUT2D eigenvalue weighted by Gasteiger charge is 2.02. The number of hydrogen-bond donors (Lipinski definition) is 2. The van der Waals surface area contributed by atoms with Crippen molar-refractivity contribution in [3.63, 3.8) is 0 Å². The Kier molecular flexibility index (Phi) is 4.56. The van der Waals surface area contributed by atoms with E-state index in [2.05, 4.69) is 15.6 Å². The summed E-state index contributed by atoms with van der Waals surface area (Å²) < 4.78 is 4.72. The molecule has 1 rings (SSSR count). The molecule has 5 nitrogen and oxygen atoms in total. The fourth-order valence-electron chi connectivity index (χ4n) is 1.08. The van der Waals surface area contributed by atoms with Crippen molar-refractivity contribution in [1.82, 2.24) is 10.3 Å². The number of ether oxygens (including phenoxy) is 1. The highest BCUT2D eigenvalue weighted by molar-refractivity contribution is 5.83. The van der Waals surface area contributed by atoms with Crippen LogP contribution in [-0.4, -0.2) is 24.7 Å². The average Bonchev–Trinajstić information content (AvgIpc) is 2.22. The molecule has 2 N–H and O–H groups in total. The molecular formula is C10H17N3O2. The number of nitrogens with one attached hydrogen (secondary N) is 2. The predicted octanol–water partition coefficient (Wildman–Crippen LogP) is 1.62. The molecule has 0 atom stereocenters. The minimum Gasteiger partial charge on any atom is -0.450 e. The second kappa shape index (κ2) is 5.98. The molecule has 1 amide bonds. The summed E-state index contributed by atoms with van der Waals surface area (Å²) in [4.78, 5) is 15.1. The highest BCUT2D eigenvalue weighted by atomic mass is 16.5. The summed E-state index contributed by atoms with van der Waals surface area (Å²) in [6, 6.07) is 3.63. The van der Waals surface area contributed by atoms with Gasteiger partial charge in [0.25, 0.3) is 0 Å². The van der Waals surface area contributed by atoms with Gasteiger partial charge in [0.05, 0.1) is 6.61 Å². The second-order valence-corrected chi connectivity index (χ2v) is 2.93. The summed E-state index contributed by atoms with van der Waals surface area (Å²) in [7, 11) is 1.87. The van der Waals surface area contributed by atoms with Gasteiger partial charge < -0.3 is 10.1 Å². The fraction of sp³-hybridized carbons (Fsp3) is 0.400. The topological polar surface area (TPSA) is 63.2 Å². The van der Waals surface area contributed by atoms with E-state index in [4.69, 9.17) is 4.74 Å². The van der Waals surface area contributed by atoms with Crippen LogP contribution in [0, 0.1) is 0 Å². The molecule has 84 valence electrons. The maximum absolute atomic E-state index is 11.0. The van der Waals surface area contributed by atoms with Crippen molar-refractivity contribution >= 4 is 11.9 Å². The Morgan fingerprint density at radius 1 is 1.60 bits per heavy atom. The molecule has 15 heavy (non-hydrogen) atoms. The zero-order valence-electron chi connectivity index (χ0n) is 8.91. The summed E-state index contributed by atoms with van der Waals surface area (Å²) in [6.07, 6.45) is 1.23. The largest absolute Gasteiger partial charge is 0.450 e. The number of carbonyl (C=O) groups is 1. The van der Waals surface area contributed by atoms with Gasteiger partial charge in [-0.2, -0.15) is 0 Å². The minimum absolute atomic E-state index is 0. The Morgan fingerprint density at radius 2 is 2.40 bits per heavy atom. The Labute approximate surface area is 90.3 Å². The molecule has 0 aliphatic heterocycles. The first-order valence-electron chi connectivity index (χ1n) is 4.79. The number of rotatable bonds is 4. The summed E-state index contributed by atoms with van der Waals surface area (Å²) >= 11 is 0. The van der Waals surface area contributed by atoms with Crippen LogP contribution in [0.3, 0.4) is 0 Å². The van der Waals surface area contributed by atoms with Gasteiger partial charge in [-0.15, -0.1) is 0 Å². The molecule has 0 aliphatic carbocycles. The van der Waals surface area contributed by atoms with Gasteiger partial charge in [-0.25, -0.2) is 9.78 Å². The second-order valence-electron chi connectivity index (χ2n) is 2.93. The van der Waals surface area contributed by atoms with Crippen molar-refractivity contribution in [3.8, 4) is 0 Å². The van der Waals surface area contributed by atoms with Gasteiger partial charge in [-0.1, -0.05) is 6.07 Å². The number of pyridine rings is 1. The lowest BCUT2D eigenvalue weighted by molar-refractivity contribution is 0.168. The Balaban J connectivity index is 0.00000225. The van der Waals surface area contributed by atoms with Gasteiger partial charge in [0, 0.05) is 14.2 Å². The molecule has 1 aromatic heterocycles. The van der Waals surface area contributed by atoms with Crippen molar-refractivity contribution in [2.75, 3.05) is 19.0 Å². The van der Waals surface area contributed by atoms with Crippen LogP contribution in [0.25, 0.3) is 0 Å². The van der Waals surface area contributed by atoms with Crippen LogP contribution in [0.1, 0.15) is 13.9 Å². The molecule has 1 aromatic rings. The number of anilines is 1. The number of amides is 1. The minimum atomic E-state index is -0.480. The lowest BCUT2D eigenvalue weighted by Crippen LogP contribution is -2.14. The van der Waals surface area contributed by atoms with Crippen LogP contribution in [0.2, 0.25) is 0 Å². The zero-order valence-corrected chi connectivity index (χ0v) is 8.91. The monoisotopic (exact) mass is 211 g/mol. The molecule has 0 saturated carbocycles. The van der Waals surface area contributed by atoms with Gasteiger partial charge in [0.2, 0.25) is 0 Å². The maximum Gasteiger partial charge on any atom is 0.412 e. The van der Waals surface area contributed by atoms with Crippen molar-refractivity contribution in [3.05, 3.63) is 23.9 Å². The Morgan fingerprint density at radius 3 is 2.93 bits per heavy atom. The van der Waals surface area contributed by atoms with Crippen LogP contribution in [0.15, 0.2) is 18.3 Å². The third-order valence-corrected chi connectivity index (χ3v) is 1.71. The van der Waals surface area contributed by atoms with E-state index in [-0.39, 0.29) is 1.43 Å². The van der Waals surface area contributed by atoms with Crippen molar-refractivity contribution < 1.29 is 11.0 Å². The van der Waals surface area contributed by atoms with E-state index in [1.165, 1.54) is 0 Å². The highest BCUT2D eigenvalue weighted by Crippen LogP contribution is 2.05. The molecule has 0 radical (unpaired) electrons. The first kappa shape index (κ1) is 11.5. The zero-order chi connectivity index (χ0) is 11.1. The van der Waals surface area contributed by atoms with Crippen molar-refractivity contribution in [2.24, 2.45) is 0 Å². The Hall–Kier alpha value is -1.62. The van der Waals surface area contributed by atoms with E-state index in [0.717, 1.165) is 12.1 Å². The third-order valence-electron chi connectivity index (χ3n) is 1.71. The van der Waals surface area contributed by atoms with E-state index in [9.17, 15) is 4.79 Å². The molecule has 1 heterocycles. The molecule has 0 bridgehead atoms. The molecule has 0 unspecified atom stereocenters. The fourth-order valence-corrected chi connectivity index (χ4v) is 1.08. The van der Waals surface area contributed by atoms with E-state index >= 15 is 0 Å². The molecule has 0 aromatic carbocycles. The number of aromatic nitrogens is 1. The van der Waals surface area contributed by atoms with Crippen LogP contribution in [-0.2, 0) is 11.3 Å². The van der Waals surface area contributed by atoms with Crippen LogP contribution in [0.5, 0.6) is 0 Å². The standard InChI is InChI=1S/C10H15N3O2.H2/c1-3-15-10(14)13-9-5-4-8(6-11-2)7-12-9;/h4-5,7,11H,3,6H2,1-2H3,(H,12,13,14);1H. The third kappa shape index (κ3) is 3.95. The first-order chi connectivity index (χ1) is 7.26. The molecule has 5 heteroatoms. The summed E-state index contributed by atoms with van der Waals surface area (Å²) in [5, 5.41) is 5.53. The van der Waals surface area contributed by atoms with Gasteiger partial charge in [0.15, 0.2) is 0 Å². The molecule has 0 saturated heterocycles. The Bertz CT molecular complexity index is 316. The number of carbonyl (C=O) groups excluding carboxylic acids is 1. The number of hydrogen-bond acceptors (Lipinski definition) is 4. The molecule has 0 fully saturated rings.